The van der Waals surface area contributed by atoms with Crippen LogP contribution < -0.4 is 0 Å². The first kappa shape index (κ1) is 45.7. The number of allylic oxidation sites excluding steroid dienone is 8. The topological polar surface area (TPSA) is 0 Å². The van der Waals surface area contributed by atoms with Gasteiger partial charge in [0.15, 0.2) is 0 Å². The SMILES string of the molecule is [Cl][Pb][Cl].[Cl][Pb][Cl].c1ccc(C2=C(c3ccccc3)C(c3ccccc3)=C2c2ccccc2)cc1.c1ccc(C2=C(c3ccccc3)C(c3ccccc3)=C2c2ccccc2)cc1. The Morgan fingerprint density at radius 1 is 0.161 bits per heavy atom. The van der Waals surface area contributed by atoms with Crippen LogP contribution in [0.4, 0.5) is 0 Å². The molecule has 2 aliphatic rings. The van der Waals surface area contributed by atoms with E-state index in [1.54, 1.807) is 0 Å². The second-order valence-electron chi connectivity index (χ2n) is 14.1. The summed E-state index contributed by atoms with van der Waals surface area (Å²) in [7, 11) is 19.8. The van der Waals surface area contributed by atoms with Gasteiger partial charge in [-0.2, -0.15) is 0 Å². The number of rotatable bonds is 8. The van der Waals surface area contributed by atoms with Gasteiger partial charge in [-0.1, -0.05) is 243 Å². The molecule has 0 saturated carbocycles. The van der Waals surface area contributed by atoms with Crippen LogP contribution in [0.2, 0.25) is 0 Å². The molecule has 62 heavy (non-hydrogen) atoms. The minimum absolute atomic E-state index is 0.972. The number of benzene rings is 8. The summed E-state index contributed by atoms with van der Waals surface area (Å²) < 4.78 is 0. The number of hydrogen-bond donors (Lipinski definition) is 0. The molecule has 0 aromatic heterocycles. The predicted octanol–water partition coefficient (Wildman–Crippen LogP) is 16.4. The van der Waals surface area contributed by atoms with E-state index in [0.29, 0.717) is 0 Å². The molecule has 2 aliphatic carbocycles. The minimum atomic E-state index is -0.972. The Morgan fingerprint density at radius 3 is 0.323 bits per heavy atom. The van der Waals surface area contributed by atoms with Gasteiger partial charge in [-0.15, -0.1) is 0 Å². The van der Waals surface area contributed by atoms with Crippen LogP contribution in [0.15, 0.2) is 243 Å². The average molecular weight is 1270 g/mol. The van der Waals surface area contributed by atoms with E-state index < -0.39 is 43.6 Å². The maximum absolute atomic E-state index is 4.96. The summed E-state index contributed by atoms with van der Waals surface area (Å²) in [4.78, 5) is 0. The van der Waals surface area contributed by atoms with Crippen molar-refractivity contribution in [1.82, 2.24) is 0 Å². The van der Waals surface area contributed by atoms with Gasteiger partial charge >= 0.3 is 76.8 Å². The van der Waals surface area contributed by atoms with E-state index in [1.165, 1.54) is 89.1 Å². The van der Waals surface area contributed by atoms with Crippen molar-refractivity contribution in [3.63, 3.8) is 0 Å². The molecule has 0 nitrogen and oxygen atoms in total. The zero-order valence-electron chi connectivity index (χ0n) is 33.6. The van der Waals surface area contributed by atoms with Crippen LogP contribution in [0.3, 0.4) is 0 Å². The molecule has 0 N–H and O–H groups in total. The largest absolute Gasteiger partial charge is 0.0622 e. The Labute approximate surface area is 404 Å². The van der Waals surface area contributed by atoms with Crippen LogP contribution in [-0.2, 0) is 0 Å². The van der Waals surface area contributed by atoms with E-state index in [0.717, 1.165) is 0 Å². The molecule has 8 aromatic carbocycles. The fraction of sp³-hybridized carbons (Fsp3) is 0. The standard InChI is InChI=1S/2C28H20.4ClH.2Pb/c2*1-5-13-21(14-6-1)25-26(22-15-7-2-8-16-22)28(24-19-11-4-12-20-24)27(25)23-17-9-3-10-18-23;;;;;;/h2*1-20H;4*1H;;/q;;;;;;2*+2/p-4. The van der Waals surface area contributed by atoms with Gasteiger partial charge in [0.05, 0.1) is 0 Å². The molecule has 0 fully saturated rings. The van der Waals surface area contributed by atoms with Gasteiger partial charge in [0.25, 0.3) is 0 Å². The summed E-state index contributed by atoms with van der Waals surface area (Å²) in [5.41, 5.74) is 20.8. The molecule has 0 amide bonds. The Morgan fingerprint density at radius 2 is 0.242 bits per heavy atom. The summed E-state index contributed by atoms with van der Waals surface area (Å²) in [5.74, 6) is 0. The zero-order valence-corrected chi connectivity index (χ0v) is 44.4. The third kappa shape index (κ3) is 10.9. The summed E-state index contributed by atoms with van der Waals surface area (Å²) in [6.07, 6.45) is 0. The van der Waals surface area contributed by atoms with Gasteiger partial charge in [-0.3, -0.25) is 0 Å². The zero-order chi connectivity index (χ0) is 42.9. The second-order valence-corrected chi connectivity index (χ2v) is 25.2. The summed E-state index contributed by atoms with van der Waals surface area (Å²) >= 11 is -1.94. The van der Waals surface area contributed by atoms with Gasteiger partial charge < -0.3 is 0 Å². The van der Waals surface area contributed by atoms with E-state index in [2.05, 4.69) is 243 Å². The van der Waals surface area contributed by atoms with Gasteiger partial charge in [-0.05, 0) is 89.1 Å². The van der Waals surface area contributed by atoms with Crippen LogP contribution in [0.1, 0.15) is 44.5 Å². The minimum Gasteiger partial charge on any atom is -0.0622 e. The first-order valence-electron chi connectivity index (χ1n) is 20.0. The van der Waals surface area contributed by atoms with Crippen molar-refractivity contribution >= 4 is 121 Å². The normalized spacial score (nSPS) is 12.7. The van der Waals surface area contributed by atoms with Crippen LogP contribution in [0.25, 0.3) is 44.6 Å². The van der Waals surface area contributed by atoms with E-state index in [1.807, 2.05) is 0 Å². The van der Waals surface area contributed by atoms with Gasteiger partial charge in [-0.25, -0.2) is 0 Å². The third-order valence-electron chi connectivity index (χ3n) is 10.5. The van der Waals surface area contributed by atoms with Crippen molar-refractivity contribution in [3.8, 4) is 0 Å². The van der Waals surface area contributed by atoms with Crippen LogP contribution in [0.5, 0.6) is 0 Å². The van der Waals surface area contributed by atoms with Crippen molar-refractivity contribution in [2.24, 2.45) is 0 Å². The van der Waals surface area contributed by atoms with Crippen LogP contribution in [0, 0.1) is 0 Å². The molecule has 4 radical (unpaired) electrons. The molecule has 0 bridgehead atoms. The molecule has 300 valence electrons. The van der Waals surface area contributed by atoms with Crippen molar-refractivity contribution in [1.29, 1.82) is 0 Å². The Bertz CT molecular complexity index is 2160. The number of hydrogen-bond acceptors (Lipinski definition) is 0. The van der Waals surface area contributed by atoms with Crippen LogP contribution >= 0.6 is 33.3 Å². The fourth-order valence-electron chi connectivity index (χ4n) is 8.02. The Hall–Kier alpha value is -4.28. The maximum atomic E-state index is 4.96. The Kier molecular flexibility index (Phi) is 17.7. The first-order chi connectivity index (χ1) is 30.7. The van der Waals surface area contributed by atoms with Gasteiger partial charge in [0.2, 0.25) is 0 Å². The third-order valence-corrected chi connectivity index (χ3v) is 10.5. The van der Waals surface area contributed by atoms with Gasteiger partial charge in [0.1, 0.15) is 0 Å². The van der Waals surface area contributed by atoms with E-state index in [9.17, 15) is 0 Å². The fourth-order valence-corrected chi connectivity index (χ4v) is 8.02. The maximum Gasteiger partial charge on any atom is -0.00139 e. The monoisotopic (exact) mass is 1270 g/mol. The van der Waals surface area contributed by atoms with E-state index >= 15 is 0 Å². The molecule has 0 heterocycles. The molecule has 0 atom stereocenters. The molecular weight excluding hydrogens is 1230 g/mol. The second kappa shape index (κ2) is 24.0. The summed E-state index contributed by atoms with van der Waals surface area (Å²) in [6.45, 7) is 0. The Balaban J connectivity index is 0.000000166. The first-order valence-corrected chi connectivity index (χ1v) is 39.2. The van der Waals surface area contributed by atoms with Crippen LogP contribution in [-0.4, -0.2) is 43.6 Å². The molecule has 0 aliphatic heterocycles. The summed E-state index contributed by atoms with van der Waals surface area (Å²) in [5, 5.41) is 0. The average Bonchev–Trinajstić information content (AvgIpc) is 3.32. The quantitative estimate of drug-likeness (QED) is 0.133. The van der Waals surface area contributed by atoms with Crippen molar-refractivity contribution in [2.45, 2.75) is 0 Å². The molecule has 0 spiro atoms. The van der Waals surface area contributed by atoms with Crippen molar-refractivity contribution in [3.05, 3.63) is 287 Å². The van der Waals surface area contributed by atoms with Gasteiger partial charge in [0, 0.05) is 0 Å². The van der Waals surface area contributed by atoms with E-state index in [4.69, 9.17) is 33.3 Å². The molecule has 0 saturated heterocycles. The smallest absolute Gasteiger partial charge is 0.00139 e. The molecular formula is C56H40Cl4Pb2. The van der Waals surface area contributed by atoms with E-state index in [-0.39, 0.29) is 0 Å². The number of halogens is 4. The predicted molar refractivity (Wildman–Crippen MR) is 274 cm³/mol. The van der Waals surface area contributed by atoms with Crippen molar-refractivity contribution < 1.29 is 0 Å². The summed E-state index contributed by atoms with van der Waals surface area (Å²) in [6, 6.07) is 85.9. The molecule has 10 rings (SSSR count). The van der Waals surface area contributed by atoms with Crippen molar-refractivity contribution in [2.75, 3.05) is 0 Å². The molecule has 0 unspecified atom stereocenters. The molecule has 6 heteroatoms. The molecule has 8 aromatic rings.